The second-order valence-corrected chi connectivity index (χ2v) is 5.46. The summed E-state index contributed by atoms with van der Waals surface area (Å²) in [5, 5.41) is 3.07. The Balaban J connectivity index is 1.73. The molecule has 3 rings (SSSR count). The molecule has 1 amide bonds. The van der Waals surface area contributed by atoms with Gasteiger partial charge in [0.2, 0.25) is 0 Å². The van der Waals surface area contributed by atoms with E-state index >= 15 is 0 Å². The first-order valence-electron chi connectivity index (χ1n) is 6.86. The van der Waals surface area contributed by atoms with Crippen LogP contribution in [0.1, 0.15) is 36.0 Å². The molecule has 0 unspecified atom stereocenters. The molecular formula is C15H20N2O. The first kappa shape index (κ1) is 11.6. The van der Waals surface area contributed by atoms with Gasteiger partial charge in [-0.1, -0.05) is 0 Å². The van der Waals surface area contributed by atoms with Gasteiger partial charge in [0.25, 0.3) is 5.91 Å². The fourth-order valence-corrected chi connectivity index (χ4v) is 2.31. The van der Waals surface area contributed by atoms with Gasteiger partial charge in [0.1, 0.15) is 0 Å². The molecule has 0 aliphatic heterocycles. The molecule has 0 aromatic heterocycles. The third-order valence-electron chi connectivity index (χ3n) is 3.82. The average Bonchev–Trinajstić information content (AvgIpc) is 3.28. The van der Waals surface area contributed by atoms with Crippen molar-refractivity contribution in [3.63, 3.8) is 0 Å². The summed E-state index contributed by atoms with van der Waals surface area (Å²) in [4.78, 5) is 14.6. The van der Waals surface area contributed by atoms with Crippen molar-refractivity contribution in [3.05, 3.63) is 29.8 Å². The summed E-state index contributed by atoms with van der Waals surface area (Å²) in [5.74, 6) is 0.984. The summed E-state index contributed by atoms with van der Waals surface area (Å²) in [7, 11) is 1.89. The lowest BCUT2D eigenvalue weighted by atomic mass is 10.1. The molecule has 0 saturated heterocycles. The molecule has 1 aromatic rings. The van der Waals surface area contributed by atoms with Gasteiger partial charge in [-0.05, 0) is 55.9 Å². The molecule has 3 heteroatoms. The Bertz CT molecular complexity index is 432. The lowest BCUT2D eigenvalue weighted by molar-refractivity contribution is 0.0735. The number of rotatable bonds is 5. The van der Waals surface area contributed by atoms with E-state index in [0.29, 0.717) is 6.04 Å². The highest BCUT2D eigenvalue weighted by atomic mass is 16.2. The predicted octanol–water partition coefficient (Wildman–Crippen LogP) is 2.74. The molecule has 96 valence electrons. The van der Waals surface area contributed by atoms with Crippen LogP contribution in [-0.2, 0) is 0 Å². The second kappa shape index (κ2) is 4.63. The monoisotopic (exact) mass is 244 g/mol. The first-order valence-corrected chi connectivity index (χ1v) is 6.86. The van der Waals surface area contributed by atoms with Crippen molar-refractivity contribution in [1.29, 1.82) is 0 Å². The number of carbonyl (C=O) groups excluding carboxylic acids is 1. The molecular weight excluding hydrogens is 224 g/mol. The lowest BCUT2D eigenvalue weighted by Gasteiger charge is -2.22. The van der Waals surface area contributed by atoms with Crippen LogP contribution < -0.4 is 5.32 Å². The van der Waals surface area contributed by atoms with Crippen LogP contribution in [0.2, 0.25) is 0 Å². The normalized spacial score (nSPS) is 18.5. The summed E-state index contributed by atoms with van der Waals surface area (Å²) >= 11 is 0. The van der Waals surface area contributed by atoms with Gasteiger partial charge in [0.05, 0.1) is 0 Å². The van der Waals surface area contributed by atoms with Gasteiger partial charge in [0, 0.05) is 30.9 Å². The fraction of sp³-hybridized carbons (Fsp3) is 0.533. The van der Waals surface area contributed by atoms with Gasteiger partial charge in [-0.2, -0.15) is 0 Å². The Labute approximate surface area is 108 Å². The second-order valence-electron chi connectivity index (χ2n) is 5.46. The molecule has 0 spiro atoms. The van der Waals surface area contributed by atoms with E-state index < -0.39 is 0 Å². The molecule has 1 N–H and O–H groups in total. The van der Waals surface area contributed by atoms with Gasteiger partial charge >= 0.3 is 0 Å². The molecule has 1 aromatic carbocycles. The van der Waals surface area contributed by atoms with Crippen LogP contribution in [0, 0.1) is 5.92 Å². The van der Waals surface area contributed by atoms with E-state index in [1.807, 2.05) is 31.3 Å². The quantitative estimate of drug-likeness (QED) is 0.863. The van der Waals surface area contributed by atoms with E-state index in [-0.39, 0.29) is 5.91 Å². The number of anilines is 1. The standard InChI is InChI=1S/C15H20N2O/c1-16-13-6-4-12(5-7-13)15(18)17(14-8-9-14)10-11-2-3-11/h4-7,11,14,16H,2-3,8-10H2,1H3. The molecule has 0 radical (unpaired) electrons. The van der Waals surface area contributed by atoms with Crippen molar-refractivity contribution in [2.75, 3.05) is 18.9 Å². The maximum atomic E-state index is 12.5. The van der Waals surface area contributed by atoms with Crippen molar-refractivity contribution in [2.45, 2.75) is 31.7 Å². The minimum Gasteiger partial charge on any atom is -0.388 e. The molecule has 2 aliphatic rings. The van der Waals surface area contributed by atoms with E-state index in [1.165, 1.54) is 25.7 Å². The molecule has 2 fully saturated rings. The SMILES string of the molecule is CNc1ccc(C(=O)N(CC2CC2)C2CC2)cc1. The van der Waals surface area contributed by atoms with Crippen LogP contribution in [0.3, 0.4) is 0 Å². The zero-order valence-electron chi connectivity index (χ0n) is 10.9. The van der Waals surface area contributed by atoms with E-state index in [1.54, 1.807) is 0 Å². The van der Waals surface area contributed by atoms with E-state index in [9.17, 15) is 4.79 Å². The predicted molar refractivity (Wildman–Crippen MR) is 72.8 cm³/mol. The number of hydrogen-bond acceptors (Lipinski definition) is 2. The molecule has 0 bridgehead atoms. The Hall–Kier alpha value is -1.51. The van der Waals surface area contributed by atoms with Gasteiger partial charge in [-0.3, -0.25) is 4.79 Å². The highest BCUT2D eigenvalue weighted by Crippen LogP contribution is 2.35. The zero-order chi connectivity index (χ0) is 12.5. The van der Waals surface area contributed by atoms with E-state index in [0.717, 1.165) is 23.7 Å². The third-order valence-corrected chi connectivity index (χ3v) is 3.82. The van der Waals surface area contributed by atoms with Gasteiger partial charge in [-0.15, -0.1) is 0 Å². The molecule has 2 saturated carbocycles. The number of nitrogens with one attached hydrogen (secondary N) is 1. The average molecular weight is 244 g/mol. The molecule has 0 heterocycles. The van der Waals surface area contributed by atoms with Crippen molar-refractivity contribution in [2.24, 2.45) is 5.92 Å². The smallest absolute Gasteiger partial charge is 0.254 e. The van der Waals surface area contributed by atoms with Gasteiger partial charge in [-0.25, -0.2) is 0 Å². The van der Waals surface area contributed by atoms with Crippen molar-refractivity contribution in [3.8, 4) is 0 Å². The summed E-state index contributed by atoms with van der Waals surface area (Å²) < 4.78 is 0. The highest BCUT2D eigenvalue weighted by molar-refractivity contribution is 5.95. The van der Waals surface area contributed by atoms with Crippen LogP contribution in [-0.4, -0.2) is 30.4 Å². The number of hydrogen-bond donors (Lipinski definition) is 1. The lowest BCUT2D eigenvalue weighted by Crippen LogP contribution is -2.34. The van der Waals surface area contributed by atoms with Crippen LogP contribution in [0.25, 0.3) is 0 Å². The Morgan fingerprint density at radius 2 is 1.89 bits per heavy atom. The summed E-state index contributed by atoms with van der Waals surface area (Å²) in [5.41, 5.74) is 1.87. The Morgan fingerprint density at radius 1 is 1.22 bits per heavy atom. The van der Waals surface area contributed by atoms with Gasteiger partial charge in [0.15, 0.2) is 0 Å². The largest absolute Gasteiger partial charge is 0.388 e. The van der Waals surface area contributed by atoms with Crippen LogP contribution in [0.5, 0.6) is 0 Å². The first-order chi connectivity index (χ1) is 8.78. The minimum atomic E-state index is 0.215. The number of nitrogens with zero attached hydrogens (tertiary/aromatic N) is 1. The van der Waals surface area contributed by atoms with Crippen molar-refractivity contribution < 1.29 is 4.79 Å². The third kappa shape index (κ3) is 2.50. The van der Waals surface area contributed by atoms with E-state index in [2.05, 4.69) is 10.2 Å². The number of carbonyl (C=O) groups is 1. The Kier molecular flexibility index (Phi) is 2.98. The topological polar surface area (TPSA) is 32.3 Å². The van der Waals surface area contributed by atoms with E-state index in [4.69, 9.17) is 0 Å². The molecule has 3 nitrogen and oxygen atoms in total. The maximum absolute atomic E-state index is 12.5. The van der Waals surface area contributed by atoms with Crippen LogP contribution >= 0.6 is 0 Å². The van der Waals surface area contributed by atoms with Gasteiger partial charge < -0.3 is 10.2 Å². The zero-order valence-corrected chi connectivity index (χ0v) is 10.9. The maximum Gasteiger partial charge on any atom is 0.254 e. The fourth-order valence-electron chi connectivity index (χ4n) is 2.31. The summed E-state index contributed by atoms with van der Waals surface area (Å²) in [6, 6.07) is 8.31. The summed E-state index contributed by atoms with van der Waals surface area (Å²) in [6.07, 6.45) is 4.98. The van der Waals surface area contributed by atoms with Crippen molar-refractivity contribution in [1.82, 2.24) is 4.90 Å². The molecule has 0 atom stereocenters. The van der Waals surface area contributed by atoms with Crippen LogP contribution in [0.15, 0.2) is 24.3 Å². The minimum absolute atomic E-state index is 0.215. The summed E-state index contributed by atoms with van der Waals surface area (Å²) in [6.45, 7) is 0.970. The Morgan fingerprint density at radius 3 is 2.39 bits per heavy atom. The number of benzene rings is 1. The number of amides is 1. The van der Waals surface area contributed by atoms with Crippen LogP contribution in [0.4, 0.5) is 5.69 Å². The molecule has 18 heavy (non-hydrogen) atoms. The highest BCUT2D eigenvalue weighted by Gasteiger charge is 2.36. The molecule has 2 aliphatic carbocycles. The van der Waals surface area contributed by atoms with Crippen molar-refractivity contribution >= 4 is 11.6 Å².